The predicted molar refractivity (Wildman–Crippen MR) is 99.6 cm³/mol. The number of rotatable bonds is 4. The number of sulfonamides is 1. The lowest BCUT2D eigenvalue weighted by molar-refractivity contribution is -0.120. The average molecular weight is 410 g/mol. The Bertz CT molecular complexity index is 1030. The number of carbonyl (C=O) groups is 1. The van der Waals surface area contributed by atoms with Crippen LogP contribution in [0, 0.1) is 5.92 Å². The molecule has 4 rings (SSSR count). The third kappa shape index (κ3) is 3.22. The molecule has 1 atom stereocenters. The largest absolute Gasteiger partial charge is 0.302 e. The Morgan fingerprint density at radius 1 is 1.31 bits per heavy atom. The second-order valence-electron chi connectivity index (χ2n) is 5.92. The van der Waals surface area contributed by atoms with Crippen LogP contribution in [-0.4, -0.2) is 45.5 Å². The van der Waals surface area contributed by atoms with Crippen LogP contribution in [0.5, 0.6) is 0 Å². The average Bonchev–Trinajstić information content (AvgIpc) is 3.32. The molecule has 0 bridgehead atoms. The van der Waals surface area contributed by atoms with Gasteiger partial charge < -0.3 is 5.32 Å². The number of amides is 1. The Morgan fingerprint density at radius 3 is 3.00 bits per heavy atom. The van der Waals surface area contributed by atoms with Gasteiger partial charge in [-0.2, -0.15) is 13.1 Å². The Labute approximate surface area is 158 Å². The number of nitrogens with zero attached hydrogens (tertiary/aromatic N) is 4. The molecule has 3 aromatic rings. The summed E-state index contributed by atoms with van der Waals surface area (Å²) < 4.78 is 35.8. The number of nitrogens with one attached hydrogen (secondary N) is 1. The maximum Gasteiger partial charge on any atom is 0.245 e. The quantitative estimate of drug-likeness (QED) is 0.708. The van der Waals surface area contributed by atoms with Crippen molar-refractivity contribution in [2.45, 2.75) is 17.7 Å². The molecular formula is C15H15N5O3S3. The number of carbonyl (C=O) groups excluding carboxylic acids is 1. The standard InChI is InChI=1S/C15H15N5O3S3/c21-14(17-15-16-6-8-24-15)10-3-2-7-20(9-10)26(22,23)12-5-1-4-11-13(12)19-25-18-11/h1,4-6,8,10H,2-3,7,9H2,(H,16,17,21)/t10-/m0/s1. The molecule has 1 aliphatic heterocycles. The molecule has 1 aromatic carbocycles. The molecule has 1 saturated heterocycles. The SMILES string of the molecule is O=C(Nc1nccs1)[C@H]1CCCN(S(=O)(=O)c2cccc3nsnc23)C1. The second kappa shape index (κ2) is 6.99. The van der Waals surface area contributed by atoms with Gasteiger partial charge in [0.15, 0.2) is 5.13 Å². The first-order valence-electron chi connectivity index (χ1n) is 7.97. The number of thiazole rings is 1. The molecule has 0 radical (unpaired) electrons. The molecular weight excluding hydrogens is 394 g/mol. The molecule has 1 N–H and O–H groups in total. The molecule has 1 amide bonds. The number of fused-ring (bicyclic) bond motifs is 1. The lowest BCUT2D eigenvalue weighted by atomic mass is 9.99. The number of piperidine rings is 1. The van der Waals surface area contributed by atoms with E-state index in [4.69, 9.17) is 0 Å². The van der Waals surface area contributed by atoms with Crippen LogP contribution in [0.25, 0.3) is 11.0 Å². The maximum absolute atomic E-state index is 13.1. The highest BCUT2D eigenvalue weighted by atomic mass is 32.2. The summed E-state index contributed by atoms with van der Waals surface area (Å²) in [4.78, 5) is 16.6. The minimum Gasteiger partial charge on any atom is -0.302 e. The Morgan fingerprint density at radius 2 is 2.19 bits per heavy atom. The van der Waals surface area contributed by atoms with Crippen LogP contribution in [0.3, 0.4) is 0 Å². The zero-order chi connectivity index (χ0) is 18.1. The summed E-state index contributed by atoms with van der Waals surface area (Å²) in [6, 6.07) is 4.93. The molecule has 1 fully saturated rings. The molecule has 11 heteroatoms. The minimum absolute atomic E-state index is 0.143. The van der Waals surface area contributed by atoms with Crippen molar-refractivity contribution in [1.82, 2.24) is 18.0 Å². The summed E-state index contributed by atoms with van der Waals surface area (Å²) in [6.07, 6.45) is 2.88. The van der Waals surface area contributed by atoms with Crippen LogP contribution in [0.15, 0.2) is 34.7 Å². The van der Waals surface area contributed by atoms with Gasteiger partial charge in [0.1, 0.15) is 15.9 Å². The van der Waals surface area contributed by atoms with Crippen molar-refractivity contribution in [2.24, 2.45) is 5.92 Å². The van der Waals surface area contributed by atoms with Crippen molar-refractivity contribution in [2.75, 3.05) is 18.4 Å². The molecule has 136 valence electrons. The Kier molecular flexibility index (Phi) is 4.69. The van der Waals surface area contributed by atoms with Gasteiger partial charge in [-0.25, -0.2) is 13.4 Å². The fourth-order valence-corrected chi connectivity index (χ4v) is 5.80. The molecule has 2 aromatic heterocycles. The van der Waals surface area contributed by atoms with Crippen molar-refractivity contribution < 1.29 is 13.2 Å². The number of benzene rings is 1. The van der Waals surface area contributed by atoms with Crippen LogP contribution >= 0.6 is 23.1 Å². The van der Waals surface area contributed by atoms with Gasteiger partial charge in [0, 0.05) is 24.7 Å². The van der Waals surface area contributed by atoms with Gasteiger partial charge in [-0.3, -0.25) is 4.79 Å². The van der Waals surface area contributed by atoms with Crippen LogP contribution in [0.4, 0.5) is 5.13 Å². The van der Waals surface area contributed by atoms with Crippen LogP contribution in [-0.2, 0) is 14.8 Å². The van der Waals surface area contributed by atoms with E-state index >= 15 is 0 Å². The highest BCUT2D eigenvalue weighted by Crippen LogP contribution is 2.28. The highest BCUT2D eigenvalue weighted by molar-refractivity contribution is 7.89. The molecule has 1 aliphatic rings. The van der Waals surface area contributed by atoms with Gasteiger partial charge in [-0.15, -0.1) is 11.3 Å². The van der Waals surface area contributed by atoms with E-state index in [1.165, 1.54) is 21.7 Å². The smallest absolute Gasteiger partial charge is 0.245 e. The first kappa shape index (κ1) is 17.5. The zero-order valence-corrected chi connectivity index (χ0v) is 16.0. The van der Waals surface area contributed by atoms with Crippen molar-refractivity contribution in [3.63, 3.8) is 0 Å². The fraction of sp³-hybridized carbons (Fsp3) is 0.333. The molecule has 26 heavy (non-hydrogen) atoms. The first-order valence-corrected chi connectivity index (χ1v) is 11.0. The Balaban J connectivity index is 1.57. The molecule has 0 spiro atoms. The molecule has 3 heterocycles. The fourth-order valence-electron chi connectivity index (χ4n) is 3.00. The number of aromatic nitrogens is 3. The van der Waals surface area contributed by atoms with Crippen molar-refractivity contribution in [1.29, 1.82) is 0 Å². The van der Waals surface area contributed by atoms with E-state index in [-0.39, 0.29) is 17.3 Å². The van der Waals surface area contributed by atoms with E-state index in [9.17, 15) is 13.2 Å². The van der Waals surface area contributed by atoms with E-state index in [1.807, 2.05) is 0 Å². The van der Waals surface area contributed by atoms with E-state index in [0.29, 0.717) is 35.6 Å². The Hall–Kier alpha value is -1.95. The molecule has 8 nitrogen and oxygen atoms in total. The maximum atomic E-state index is 13.1. The zero-order valence-electron chi connectivity index (χ0n) is 13.5. The van der Waals surface area contributed by atoms with Crippen molar-refractivity contribution in [3.8, 4) is 0 Å². The third-order valence-electron chi connectivity index (χ3n) is 4.28. The van der Waals surface area contributed by atoms with E-state index in [0.717, 1.165) is 11.7 Å². The first-order chi connectivity index (χ1) is 12.6. The summed E-state index contributed by atoms with van der Waals surface area (Å²) >= 11 is 2.32. The molecule has 0 unspecified atom stereocenters. The van der Waals surface area contributed by atoms with Crippen LogP contribution in [0.2, 0.25) is 0 Å². The predicted octanol–water partition coefficient (Wildman–Crippen LogP) is 2.19. The normalized spacial score (nSPS) is 18.8. The number of anilines is 1. The summed E-state index contributed by atoms with van der Waals surface area (Å²) in [7, 11) is -3.74. The topological polar surface area (TPSA) is 105 Å². The molecule has 0 saturated carbocycles. The van der Waals surface area contributed by atoms with Gasteiger partial charge in [0.2, 0.25) is 15.9 Å². The van der Waals surface area contributed by atoms with Gasteiger partial charge >= 0.3 is 0 Å². The van der Waals surface area contributed by atoms with Gasteiger partial charge in [-0.1, -0.05) is 6.07 Å². The van der Waals surface area contributed by atoms with Crippen LogP contribution < -0.4 is 5.32 Å². The minimum atomic E-state index is -3.74. The highest BCUT2D eigenvalue weighted by Gasteiger charge is 2.34. The van der Waals surface area contributed by atoms with E-state index < -0.39 is 15.9 Å². The van der Waals surface area contributed by atoms with Gasteiger partial charge in [-0.05, 0) is 25.0 Å². The second-order valence-corrected chi connectivity index (χ2v) is 9.25. The lowest BCUT2D eigenvalue weighted by Gasteiger charge is -2.31. The van der Waals surface area contributed by atoms with Crippen LogP contribution in [0.1, 0.15) is 12.8 Å². The summed E-state index contributed by atoms with van der Waals surface area (Å²) in [5.74, 6) is -0.608. The van der Waals surface area contributed by atoms with E-state index in [1.54, 1.807) is 23.7 Å². The van der Waals surface area contributed by atoms with Crippen molar-refractivity contribution in [3.05, 3.63) is 29.8 Å². The number of hydrogen-bond donors (Lipinski definition) is 1. The third-order valence-corrected chi connectivity index (χ3v) is 7.41. The molecule has 0 aliphatic carbocycles. The summed E-state index contributed by atoms with van der Waals surface area (Å²) in [5.41, 5.74) is 0.943. The van der Waals surface area contributed by atoms with Gasteiger partial charge in [0.25, 0.3) is 0 Å². The summed E-state index contributed by atoms with van der Waals surface area (Å²) in [5, 5.41) is 5.05. The lowest BCUT2D eigenvalue weighted by Crippen LogP contribution is -2.43. The van der Waals surface area contributed by atoms with E-state index in [2.05, 4.69) is 19.0 Å². The van der Waals surface area contributed by atoms with Gasteiger partial charge in [0.05, 0.1) is 17.6 Å². The number of hydrogen-bond acceptors (Lipinski definition) is 8. The monoisotopic (exact) mass is 409 g/mol. The summed E-state index contributed by atoms with van der Waals surface area (Å²) in [6.45, 7) is 0.533. The van der Waals surface area contributed by atoms with Crippen molar-refractivity contribution >= 4 is 55.2 Å².